The maximum atomic E-state index is 11.0. The first-order chi connectivity index (χ1) is 9.47. The molecule has 1 aliphatic heterocycles. The Morgan fingerprint density at radius 3 is 2.85 bits per heavy atom. The minimum absolute atomic E-state index is 0.0309. The summed E-state index contributed by atoms with van der Waals surface area (Å²) in [4.78, 5) is 11.0. The summed E-state index contributed by atoms with van der Waals surface area (Å²) in [5, 5.41) is 26.5. The Bertz CT molecular complexity index is 682. The molecule has 2 N–H and O–H groups in total. The van der Waals surface area contributed by atoms with E-state index in [1.165, 1.54) is 6.21 Å². The molecule has 1 heterocycles. The number of halogens is 2. The standard InChI is InChI=1S/C11H7Br2N5O2/c1-5-10(15-11(20)18-16-5)17-14-4-6-2-7(12)3-8(13)9(6)19/h2-4,19H,1H2,(H,15,17,20)/b14-4+. The van der Waals surface area contributed by atoms with E-state index >= 15 is 0 Å². The van der Waals surface area contributed by atoms with Crippen molar-refractivity contribution in [3.8, 4) is 5.75 Å². The van der Waals surface area contributed by atoms with Gasteiger partial charge in [0, 0.05) is 10.0 Å². The van der Waals surface area contributed by atoms with Crippen LogP contribution >= 0.6 is 31.9 Å². The second-order valence-corrected chi connectivity index (χ2v) is 5.37. The van der Waals surface area contributed by atoms with Gasteiger partial charge in [0.2, 0.25) is 0 Å². The molecule has 0 saturated carbocycles. The number of carbonyl (C=O) groups is 1. The van der Waals surface area contributed by atoms with Gasteiger partial charge >= 0.3 is 6.03 Å². The van der Waals surface area contributed by atoms with Crippen LogP contribution in [0.15, 0.2) is 53.8 Å². The van der Waals surface area contributed by atoms with E-state index in [0.717, 1.165) is 4.47 Å². The highest BCUT2D eigenvalue weighted by Gasteiger charge is 2.14. The molecule has 0 saturated heterocycles. The van der Waals surface area contributed by atoms with Gasteiger partial charge in [-0.1, -0.05) is 27.6 Å². The number of aromatic hydroxyl groups is 1. The number of azo groups is 1. The van der Waals surface area contributed by atoms with Gasteiger partial charge in [-0.3, -0.25) is 5.32 Å². The lowest BCUT2D eigenvalue weighted by Gasteiger charge is -2.07. The van der Waals surface area contributed by atoms with E-state index in [1.807, 2.05) is 0 Å². The van der Waals surface area contributed by atoms with Crippen molar-refractivity contribution in [1.82, 2.24) is 5.32 Å². The molecule has 1 aromatic rings. The van der Waals surface area contributed by atoms with Gasteiger partial charge in [0.05, 0.1) is 10.7 Å². The fraction of sp³-hybridized carbons (Fsp3) is 0. The molecule has 0 atom stereocenters. The van der Waals surface area contributed by atoms with E-state index < -0.39 is 6.03 Å². The topological polar surface area (TPSA) is 98.8 Å². The zero-order valence-corrected chi connectivity index (χ0v) is 13.0. The molecule has 7 nitrogen and oxygen atoms in total. The van der Waals surface area contributed by atoms with Crippen molar-refractivity contribution >= 4 is 49.9 Å². The summed E-state index contributed by atoms with van der Waals surface area (Å²) in [6.07, 6.45) is 1.34. The Morgan fingerprint density at radius 2 is 2.10 bits per heavy atom. The monoisotopic (exact) mass is 399 g/mol. The van der Waals surface area contributed by atoms with E-state index in [4.69, 9.17) is 0 Å². The third-order valence-electron chi connectivity index (χ3n) is 2.17. The summed E-state index contributed by atoms with van der Waals surface area (Å²) in [5.74, 6) is 0.137. The number of carbonyl (C=O) groups excluding carboxylic acids is 1. The third-order valence-corrected chi connectivity index (χ3v) is 3.23. The van der Waals surface area contributed by atoms with Crippen molar-refractivity contribution in [3.05, 3.63) is 38.9 Å². The highest BCUT2D eigenvalue weighted by Crippen LogP contribution is 2.30. The molecule has 102 valence electrons. The molecule has 2 rings (SSSR count). The predicted molar refractivity (Wildman–Crippen MR) is 81.1 cm³/mol. The second-order valence-electron chi connectivity index (χ2n) is 3.60. The van der Waals surface area contributed by atoms with E-state index in [2.05, 4.69) is 64.2 Å². The summed E-state index contributed by atoms with van der Waals surface area (Å²) >= 11 is 6.50. The molecule has 2 amide bonds. The zero-order valence-electron chi connectivity index (χ0n) is 9.84. The van der Waals surface area contributed by atoms with Crippen LogP contribution in [0.25, 0.3) is 0 Å². The van der Waals surface area contributed by atoms with Crippen molar-refractivity contribution in [2.75, 3.05) is 0 Å². The number of urea groups is 1. The van der Waals surface area contributed by atoms with Crippen molar-refractivity contribution in [3.63, 3.8) is 0 Å². The number of rotatable bonds is 2. The number of amides is 2. The van der Waals surface area contributed by atoms with Crippen molar-refractivity contribution in [1.29, 1.82) is 0 Å². The van der Waals surface area contributed by atoms with Crippen LogP contribution in [0.2, 0.25) is 0 Å². The van der Waals surface area contributed by atoms with Gasteiger partial charge in [-0.2, -0.15) is 5.10 Å². The number of amidine groups is 1. The summed E-state index contributed by atoms with van der Waals surface area (Å²) in [5.41, 5.74) is 0.645. The molecule has 0 aliphatic carbocycles. The van der Waals surface area contributed by atoms with Crippen LogP contribution in [0.5, 0.6) is 5.75 Å². The van der Waals surface area contributed by atoms with Crippen molar-refractivity contribution < 1.29 is 9.90 Å². The lowest BCUT2D eigenvalue weighted by molar-refractivity contribution is 0.251. The Balaban J connectivity index is 2.25. The van der Waals surface area contributed by atoms with Gasteiger partial charge in [0.15, 0.2) is 5.84 Å². The predicted octanol–water partition coefficient (Wildman–Crippen LogP) is 3.34. The maximum absolute atomic E-state index is 11.0. The van der Waals surface area contributed by atoms with Gasteiger partial charge in [-0.05, 0) is 28.1 Å². The minimum Gasteiger partial charge on any atom is -0.506 e. The van der Waals surface area contributed by atoms with E-state index in [9.17, 15) is 9.90 Å². The van der Waals surface area contributed by atoms with Crippen LogP contribution in [-0.2, 0) is 0 Å². The molecular formula is C11H7Br2N5O2. The number of hydrogen-bond acceptors (Lipinski definition) is 5. The quantitative estimate of drug-likeness (QED) is 0.587. The molecule has 0 spiro atoms. The molecule has 0 unspecified atom stereocenters. The van der Waals surface area contributed by atoms with Crippen LogP contribution in [0.4, 0.5) is 4.79 Å². The fourth-order valence-electron chi connectivity index (χ4n) is 1.27. The number of phenols is 1. The van der Waals surface area contributed by atoms with E-state index in [0.29, 0.717) is 10.0 Å². The van der Waals surface area contributed by atoms with Crippen LogP contribution in [0.3, 0.4) is 0 Å². The van der Waals surface area contributed by atoms with Gasteiger partial charge in [-0.25, -0.2) is 4.79 Å². The molecule has 1 aromatic carbocycles. The Morgan fingerprint density at radius 1 is 1.35 bits per heavy atom. The van der Waals surface area contributed by atoms with Crippen molar-refractivity contribution in [2.24, 2.45) is 20.4 Å². The van der Waals surface area contributed by atoms with Gasteiger partial charge in [-0.15, -0.1) is 10.2 Å². The summed E-state index contributed by atoms with van der Waals surface area (Å²) < 4.78 is 1.28. The summed E-state index contributed by atoms with van der Waals surface area (Å²) in [7, 11) is 0. The SMILES string of the molecule is C=C1N=NC(=O)N/C1=N/N=C/c1cc(Br)cc(Br)c1O. The average Bonchev–Trinajstić information content (AvgIpc) is 2.39. The highest BCUT2D eigenvalue weighted by molar-refractivity contribution is 9.11. The highest BCUT2D eigenvalue weighted by atomic mass is 79.9. The number of phenolic OH excluding ortho intramolecular Hbond substituents is 1. The maximum Gasteiger partial charge on any atom is 0.365 e. The Labute approximate surface area is 130 Å². The van der Waals surface area contributed by atoms with Crippen LogP contribution in [0.1, 0.15) is 5.56 Å². The minimum atomic E-state index is -0.639. The molecule has 20 heavy (non-hydrogen) atoms. The second kappa shape index (κ2) is 6.06. The third kappa shape index (κ3) is 3.36. The number of benzene rings is 1. The molecule has 1 aliphatic rings. The van der Waals surface area contributed by atoms with E-state index in [1.54, 1.807) is 12.1 Å². The summed E-state index contributed by atoms with van der Waals surface area (Å²) in [6.45, 7) is 3.56. The number of nitrogens with one attached hydrogen (secondary N) is 1. The first-order valence-corrected chi connectivity index (χ1v) is 6.77. The number of nitrogens with zero attached hydrogens (tertiary/aromatic N) is 4. The molecule has 0 fully saturated rings. The summed E-state index contributed by atoms with van der Waals surface area (Å²) in [6, 6.07) is 2.72. The van der Waals surface area contributed by atoms with Crippen LogP contribution in [-0.4, -0.2) is 23.2 Å². The molecule has 0 aromatic heterocycles. The zero-order chi connectivity index (χ0) is 14.7. The van der Waals surface area contributed by atoms with Crippen molar-refractivity contribution in [2.45, 2.75) is 0 Å². The lowest BCUT2D eigenvalue weighted by atomic mass is 10.2. The normalized spacial score (nSPS) is 17.0. The smallest absolute Gasteiger partial charge is 0.365 e. The first-order valence-electron chi connectivity index (χ1n) is 5.18. The first kappa shape index (κ1) is 14.5. The van der Waals surface area contributed by atoms with Crippen LogP contribution in [0, 0.1) is 0 Å². The van der Waals surface area contributed by atoms with Gasteiger partial charge in [0.25, 0.3) is 0 Å². The molecular weight excluding hydrogens is 394 g/mol. The van der Waals surface area contributed by atoms with Gasteiger partial charge < -0.3 is 5.11 Å². The average molecular weight is 401 g/mol. The molecule has 0 radical (unpaired) electrons. The Kier molecular flexibility index (Phi) is 4.40. The molecule has 9 heteroatoms. The van der Waals surface area contributed by atoms with Crippen LogP contribution < -0.4 is 5.32 Å². The molecule has 0 bridgehead atoms. The number of hydrogen-bond donors (Lipinski definition) is 2. The largest absolute Gasteiger partial charge is 0.506 e. The van der Waals surface area contributed by atoms with E-state index in [-0.39, 0.29) is 17.3 Å². The fourth-order valence-corrected chi connectivity index (χ4v) is 2.53. The Hall–Kier alpha value is -1.87. The lowest BCUT2D eigenvalue weighted by Crippen LogP contribution is -2.31. The van der Waals surface area contributed by atoms with Gasteiger partial charge in [0.1, 0.15) is 11.4 Å².